The predicted molar refractivity (Wildman–Crippen MR) is 121 cm³/mol. The molecule has 3 N–H and O–H groups in total. The number of likely N-dealkylation sites (N-methyl/N-ethyl adjacent to an activating group) is 1. The number of nitrogens with one attached hydrogen (secondary N) is 1. The summed E-state index contributed by atoms with van der Waals surface area (Å²) in [5.41, 5.74) is 8.38. The van der Waals surface area contributed by atoms with Crippen molar-refractivity contribution in [3.8, 4) is 5.75 Å². The number of ether oxygens (including phenoxy) is 1. The van der Waals surface area contributed by atoms with Crippen LogP contribution < -0.4 is 15.8 Å². The molecule has 30 heavy (non-hydrogen) atoms. The van der Waals surface area contributed by atoms with Crippen molar-refractivity contribution in [2.75, 3.05) is 31.8 Å². The Morgan fingerprint density at radius 1 is 1.27 bits per heavy atom. The summed E-state index contributed by atoms with van der Waals surface area (Å²) in [5, 5.41) is 3.93. The fourth-order valence-corrected chi connectivity index (χ4v) is 5.21. The van der Waals surface area contributed by atoms with Gasteiger partial charge in [-0.15, -0.1) is 11.3 Å². The normalized spacial score (nSPS) is 13.8. The minimum absolute atomic E-state index is 0.109. The fraction of sp³-hybridized carbons (Fsp3) is 0.409. The zero-order valence-corrected chi connectivity index (χ0v) is 18.2. The number of rotatable bonds is 6. The van der Waals surface area contributed by atoms with Crippen LogP contribution in [-0.4, -0.2) is 41.5 Å². The number of nitrogen functional groups attached to an aromatic ring is 1. The van der Waals surface area contributed by atoms with Gasteiger partial charge in [0.15, 0.2) is 0 Å². The molecule has 2 heterocycles. The first kappa shape index (κ1) is 20.6. The van der Waals surface area contributed by atoms with E-state index in [1.54, 1.807) is 24.5 Å². The highest BCUT2D eigenvalue weighted by atomic mass is 32.1. The molecule has 1 amide bonds. The molecule has 2 aromatic heterocycles. The number of hydrogen-bond donors (Lipinski definition) is 2. The van der Waals surface area contributed by atoms with Crippen molar-refractivity contribution in [2.45, 2.75) is 38.6 Å². The number of hydrogen-bond acceptors (Lipinski definition) is 7. The van der Waals surface area contributed by atoms with Gasteiger partial charge in [0.25, 0.3) is 0 Å². The van der Waals surface area contributed by atoms with Gasteiger partial charge < -0.3 is 15.8 Å². The third-order valence-electron chi connectivity index (χ3n) is 5.32. The standard InChI is InChI=1S/C22H27N5O2S/c1-27(13-19(28)24-14-7-6-8-15(11-14)29-2)12-18-25-21(23)20-16-9-4-3-5-10-17(16)30-22(20)26-18/h6-8,11H,3-5,9-10,12-13H2,1-2H3,(H,24,28)(H2,23,25,26). The average molecular weight is 426 g/mol. The van der Waals surface area contributed by atoms with E-state index in [2.05, 4.69) is 10.3 Å². The highest BCUT2D eigenvalue weighted by Gasteiger charge is 2.20. The van der Waals surface area contributed by atoms with Crippen LogP contribution in [-0.2, 0) is 24.2 Å². The first-order valence-corrected chi connectivity index (χ1v) is 11.0. The summed E-state index contributed by atoms with van der Waals surface area (Å²) in [7, 11) is 3.47. The molecule has 0 spiro atoms. The SMILES string of the molecule is COc1cccc(NC(=O)CN(C)Cc2nc(N)c3c4c(sc3n2)CCCCC4)c1. The van der Waals surface area contributed by atoms with E-state index in [9.17, 15) is 4.79 Å². The first-order chi connectivity index (χ1) is 14.5. The highest BCUT2D eigenvalue weighted by Crippen LogP contribution is 2.37. The van der Waals surface area contributed by atoms with Gasteiger partial charge in [0.05, 0.1) is 25.6 Å². The van der Waals surface area contributed by atoms with Gasteiger partial charge in [-0.2, -0.15) is 0 Å². The second-order valence-corrected chi connectivity index (χ2v) is 8.81. The van der Waals surface area contributed by atoms with Crippen LogP contribution in [0, 0.1) is 0 Å². The number of methoxy groups -OCH3 is 1. The van der Waals surface area contributed by atoms with E-state index in [4.69, 9.17) is 15.5 Å². The van der Waals surface area contributed by atoms with Gasteiger partial charge in [-0.05, 0) is 50.4 Å². The number of amides is 1. The second kappa shape index (κ2) is 8.97. The third-order valence-corrected chi connectivity index (χ3v) is 6.50. The molecule has 0 saturated carbocycles. The molecular formula is C22H27N5O2S. The number of aromatic nitrogens is 2. The van der Waals surface area contributed by atoms with Crippen LogP contribution >= 0.6 is 11.3 Å². The van der Waals surface area contributed by atoms with Gasteiger partial charge in [-0.3, -0.25) is 9.69 Å². The molecule has 158 valence electrons. The molecule has 0 fully saturated rings. The fourth-order valence-electron chi connectivity index (χ4n) is 3.92. The lowest BCUT2D eigenvalue weighted by Crippen LogP contribution is -2.30. The molecule has 0 radical (unpaired) electrons. The lowest BCUT2D eigenvalue weighted by Gasteiger charge is -2.16. The Morgan fingerprint density at radius 2 is 2.10 bits per heavy atom. The topological polar surface area (TPSA) is 93.4 Å². The lowest BCUT2D eigenvalue weighted by atomic mass is 10.1. The van der Waals surface area contributed by atoms with Crippen LogP contribution in [0.1, 0.15) is 35.5 Å². The number of nitrogens with two attached hydrogens (primary N) is 1. The van der Waals surface area contributed by atoms with Crippen LogP contribution in [0.4, 0.5) is 11.5 Å². The number of carbonyl (C=O) groups is 1. The van der Waals surface area contributed by atoms with Crippen LogP contribution in [0.2, 0.25) is 0 Å². The van der Waals surface area contributed by atoms with E-state index >= 15 is 0 Å². The van der Waals surface area contributed by atoms with Gasteiger partial charge >= 0.3 is 0 Å². The van der Waals surface area contributed by atoms with E-state index in [-0.39, 0.29) is 12.5 Å². The first-order valence-electron chi connectivity index (χ1n) is 10.2. The number of fused-ring (bicyclic) bond motifs is 3. The average Bonchev–Trinajstić information content (AvgIpc) is 2.89. The predicted octanol–water partition coefficient (Wildman–Crippen LogP) is 3.62. The largest absolute Gasteiger partial charge is 0.497 e. The Kier molecular flexibility index (Phi) is 6.15. The number of nitrogens with zero attached hydrogens (tertiary/aromatic N) is 3. The smallest absolute Gasteiger partial charge is 0.238 e. The molecule has 1 aromatic carbocycles. The van der Waals surface area contributed by atoms with Gasteiger partial charge in [-0.1, -0.05) is 12.5 Å². The van der Waals surface area contributed by atoms with Crippen LogP contribution in [0.25, 0.3) is 10.2 Å². The van der Waals surface area contributed by atoms with E-state index < -0.39 is 0 Å². The Morgan fingerprint density at radius 3 is 2.93 bits per heavy atom. The summed E-state index contributed by atoms with van der Waals surface area (Å²) in [5.74, 6) is 1.80. The van der Waals surface area contributed by atoms with Crippen molar-refractivity contribution in [2.24, 2.45) is 0 Å². The molecule has 0 aliphatic heterocycles. The third kappa shape index (κ3) is 4.55. The quantitative estimate of drug-likeness (QED) is 0.586. The van der Waals surface area contributed by atoms with Crippen LogP contribution in [0.15, 0.2) is 24.3 Å². The zero-order chi connectivity index (χ0) is 21.1. The maximum Gasteiger partial charge on any atom is 0.238 e. The lowest BCUT2D eigenvalue weighted by molar-refractivity contribution is -0.117. The highest BCUT2D eigenvalue weighted by molar-refractivity contribution is 7.19. The zero-order valence-electron chi connectivity index (χ0n) is 17.4. The summed E-state index contributed by atoms with van der Waals surface area (Å²) in [6.45, 7) is 0.674. The van der Waals surface area contributed by atoms with Crippen molar-refractivity contribution in [3.05, 3.63) is 40.5 Å². The summed E-state index contributed by atoms with van der Waals surface area (Å²) in [6.07, 6.45) is 5.86. The van der Waals surface area contributed by atoms with Crippen LogP contribution in [0.3, 0.4) is 0 Å². The van der Waals surface area contributed by atoms with E-state index in [0.29, 0.717) is 29.6 Å². The Labute approximate surface area is 180 Å². The van der Waals surface area contributed by atoms with Gasteiger partial charge in [0.2, 0.25) is 5.91 Å². The number of benzene rings is 1. The van der Waals surface area contributed by atoms with E-state index in [1.807, 2.05) is 30.1 Å². The summed E-state index contributed by atoms with van der Waals surface area (Å²) < 4.78 is 5.19. The van der Waals surface area contributed by atoms with E-state index in [0.717, 1.165) is 23.1 Å². The molecule has 7 nitrogen and oxygen atoms in total. The molecule has 0 bridgehead atoms. The van der Waals surface area contributed by atoms with Gasteiger partial charge in [0.1, 0.15) is 22.2 Å². The monoisotopic (exact) mass is 425 g/mol. The number of aryl methyl sites for hydroxylation is 2. The molecule has 4 rings (SSSR count). The van der Waals surface area contributed by atoms with E-state index in [1.165, 1.54) is 29.7 Å². The molecule has 0 unspecified atom stereocenters. The molecule has 0 saturated heterocycles. The molecule has 1 aliphatic carbocycles. The molecular weight excluding hydrogens is 398 g/mol. The molecule has 8 heteroatoms. The van der Waals surface area contributed by atoms with Crippen molar-refractivity contribution < 1.29 is 9.53 Å². The van der Waals surface area contributed by atoms with Crippen molar-refractivity contribution in [1.82, 2.24) is 14.9 Å². The van der Waals surface area contributed by atoms with Crippen molar-refractivity contribution in [1.29, 1.82) is 0 Å². The summed E-state index contributed by atoms with van der Waals surface area (Å²) >= 11 is 1.75. The van der Waals surface area contributed by atoms with Gasteiger partial charge in [-0.25, -0.2) is 9.97 Å². The minimum atomic E-state index is -0.109. The van der Waals surface area contributed by atoms with Crippen molar-refractivity contribution >= 4 is 39.0 Å². The maximum atomic E-state index is 12.4. The number of anilines is 2. The number of carbonyl (C=O) groups excluding carboxylic acids is 1. The maximum absolute atomic E-state index is 12.4. The number of thiophene rings is 1. The Hall–Kier alpha value is -2.71. The van der Waals surface area contributed by atoms with Gasteiger partial charge in [0, 0.05) is 16.6 Å². The summed E-state index contributed by atoms with van der Waals surface area (Å²) in [6, 6.07) is 7.30. The van der Waals surface area contributed by atoms with Crippen molar-refractivity contribution in [3.63, 3.8) is 0 Å². The Bertz CT molecular complexity index is 1070. The minimum Gasteiger partial charge on any atom is -0.497 e. The Balaban J connectivity index is 1.43. The molecule has 3 aromatic rings. The van der Waals surface area contributed by atoms with Crippen LogP contribution in [0.5, 0.6) is 5.75 Å². The second-order valence-electron chi connectivity index (χ2n) is 7.72. The molecule has 1 aliphatic rings. The molecule has 0 atom stereocenters. The summed E-state index contributed by atoms with van der Waals surface area (Å²) in [4.78, 5) is 26.0.